The number of imide groups is 1. The Kier molecular flexibility index (Phi) is 32.2. The smallest absolute Gasteiger partial charge is 0.318 e. The normalized spacial score (nSPS) is 11.2. The number of rotatable bonds is 26. The summed E-state index contributed by atoms with van der Waals surface area (Å²) in [5.41, 5.74) is 4.81. The van der Waals surface area contributed by atoms with Crippen molar-refractivity contribution in [3.63, 3.8) is 0 Å². The minimum atomic E-state index is -0.814. The van der Waals surface area contributed by atoms with E-state index in [0.29, 0.717) is 12.8 Å². The Morgan fingerprint density at radius 2 is 0.711 bits per heavy atom. The van der Waals surface area contributed by atoms with Crippen LogP contribution in [0.3, 0.4) is 0 Å². The topological polar surface area (TPSA) is 72.2 Å². The van der Waals surface area contributed by atoms with Crippen molar-refractivity contribution in [2.24, 2.45) is 5.73 Å². The summed E-state index contributed by atoms with van der Waals surface area (Å²) in [6.07, 6.45) is 36.6. The third kappa shape index (κ3) is 28.4. The molecule has 0 atom stereocenters. The summed E-state index contributed by atoms with van der Waals surface area (Å²) in [4.78, 5) is 21.6. The standard InChI is InChI=1S/C26H54.C7H13BrN2O2/c1-3-5-7-9-11-13-15-17-19-21-23-25-26-24-22-20-18-16-14-12-10-8-6-4-2;1-3-7(8,4-2)5(11)10-6(9)12/h3-26H2,1-2H3;3-4H2,1-2H3,(H3,9,10,11,12). The summed E-state index contributed by atoms with van der Waals surface area (Å²) in [7, 11) is 0. The number of urea groups is 1. The lowest BCUT2D eigenvalue weighted by Crippen LogP contribution is -2.46. The molecule has 0 bridgehead atoms. The first kappa shape index (κ1) is 39.6. The van der Waals surface area contributed by atoms with Gasteiger partial charge >= 0.3 is 6.03 Å². The van der Waals surface area contributed by atoms with Gasteiger partial charge in [-0.15, -0.1) is 0 Å². The van der Waals surface area contributed by atoms with Crippen molar-refractivity contribution in [1.29, 1.82) is 0 Å². The van der Waals surface area contributed by atoms with Crippen molar-refractivity contribution in [3.8, 4) is 0 Å². The fourth-order valence-electron chi connectivity index (χ4n) is 4.83. The molecule has 3 N–H and O–H groups in total. The third-order valence-corrected chi connectivity index (χ3v) is 9.20. The summed E-state index contributed by atoms with van der Waals surface area (Å²) in [6.45, 7) is 8.33. The van der Waals surface area contributed by atoms with Crippen LogP contribution < -0.4 is 11.1 Å². The molecule has 228 valence electrons. The molecule has 0 saturated carbocycles. The molecule has 0 heterocycles. The Hall–Kier alpha value is -0.580. The van der Waals surface area contributed by atoms with Crippen LogP contribution in [0.25, 0.3) is 0 Å². The number of amides is 3. The molecule has 0 aliphatic rings. The molecule has 0 fully saturated rings. The number of hydrogen-bond acceptors (Lipinski definition) is 2. The Bertz CT molecular complexity index is 485. The molecule has 38 heavy (non-hydrogen) atoms. The van der Waals surface area contributed by atoms with Crippen LogP contribution in [0, 0.1) is 0 Å². The van der Waals surface area contributed by atoms with E-state index in [1.807, 2.05) is 19.2 Å². The van der Waals surface area contributed by atoms with E-state index < -0.39 is 10.4 Å². The summed E-state index contributed by atoms with van der Waals surface area (Å²) in [5, 5.41) is 2.04. The molecule has 4 nitrogen and oxygen atoms in total. The Labute approximate surface area is 247 Å². The minimum absolute atomic E-state index is 0.375. The van der Waals surface area contributed by atoms with E-state index >= 15 is 0 Å². The minimum Gasteiger partial charge on any atom is -0.351 e. The zero-order valence-corrected chi connectivity index (χ0v) is 27.7. The number of unbranched alkanes of at least 4 members (excludes halogenated alkanes) is 23. The van der Waals surface area contributed by atoms with Crippen molar-refractivity contribution in [2.45, 2.75) is 199 Å². The maximum atomic E-state index is 11.3. The van der Waals surface area contributed by atoms with Crippen LogP contribution in [0.4, 0.5) is 4.79 Å². The number of hydrogen-bond donors (Lipinski definition) is 2. The van der Waals surface area contributed by atoms with E-state index in [-0.39, 0.29) is 5.91 Å². The second kappa shape index (κ2) is 31.0. The lowest BCUT2D eigenvalue weighted by atomic mass is 10.0. The average molecular weight is 604 g/mol. The summed E-state index contributed by atoms with van der Waals surface area (Å²) >= 11 is 3.26. The maximum absolute atomic E-state index is 11.3. The molecular weight excluding hydrogens is 536 g/mol. The zero-order chi connectivity index (χ0) is 28.7. The number of carbonyl (C=O) groups excluding carboxylic acids is 2. The van der Waals surface area contributed by atoms with E-state index in [1.54, 1.807) is 0 Å². The fourth-order valence-corrected chi connectivity index (χ4v) is 4.93. The second-order valence-corrected chi connectivity index (χ2v) is 12.8. The third-order valence-electron chi connectivity index (χ3n) is 7.72. The first-order valence-corrected chi connectivity index (χ1v) is 17.5. The molecule has 0 aromatic rings. The molecule has 0 rings (SSSR count). The monoisotopic (exact) mass is 602 g/mol. The summed E-state index contributed by atoms with van der Waals surface area (Å²) < 4.78 is -0.665. The van der Waals surface area contributed by atoms with Crippen LogP contribution in [0.15, 0.2) is 0 Å². The highest BCUT2D eigenvalue weighted by molar-refractivity contribution is 9.10. The van der Waals surface area contributed by atoms with E-state index in [9.17, 15) is 9.59 Å². The van der Waals surface area contributed by atoms with Crippen LogP contribution in [-0.4, -0.2) is 16.3 Å². The second-order valence-electron chi connectivity index (χ2n) is 11.3. The van der Waals surface area contributed by atoms with Gasteiger partial charge in [0.05, 0.1) is 0 Å². The molecule has 0 aliphatic carbocycles. The fraction of sp³-hybridized carbons (Fsp3) is 0.939. The van der Waals surface area contributed by atoms with Gasteiger partial charge in [0.2, 0.25) is 5.91 Å². The van der Waals surface area contributed by atoms with Gasteiger partial charge in [-0.3, -0.25) is 10.1 Å². The van der Waals surface area contributed by atoms with Gasteiger partial charge in [0.25, 0.3) is 0 Å². The van der Waals surface area contributed by atoms with E-state index in [0.717, 1.165) is 0 Å². The first-order chi connectivity index (χ1) is 18.4. The summed E-state index contributed by atoms with van der Waals surface area (Å²) in [6, 6.07) is -0.814. The lowest BCUT2D eigenvalue weighted by molar-refractivity contribution is -0.122. The quantitative estimate of drug-likeness (QED) is 0.0762. The van der Waals surface area contributed by atoms with Crippen molar-refractivity contribution >= 4 is 27.9 Å². The van der Waals surface area contributed by atoms with E-state index in [1.165, 1.54) is 154 Å². The van der Waals surface area contributed by atoms with Crippen LogP contribution in [0.1, 0.15) is 195 Å². The predicted octanol–water partition coefficient (Wildman–Crippen LogP) is 11.5. The van der Waals surface area contributed by atoms with Crippen LogP contribution >= 0.6 is 15.9 Å². The van der Waals surface area contributed by atoms with Gasteiger partial charge < -0.3 is 5.73 Å². The molecule has 0 saturated heterocycles. The zero-order valence-electron chi connectivity index (χ0n) is 26.2. The highest BCUT2D eigenvalue weighted by Gasteiger charge is 2.32. The van der Waals surface area contributed by atoms with E-state index in [2.05, 4.69) is 29.8 Å². The molecule has 5 heteroatoms. The largest absolute Gasteiger partial charge is 0.351 e. The molecule has 0 aromatic carbocycles. The molecule has 0 radical (unpaired) electrons. The number of primary amides is 1. The van der Waals surface area contributed by atoms with Gasteiger partial charge in [-0.1, -0.05) is 198 Å². The van der Waals surface area contributed by atoms with Crippen LogP contribution in [0.5, 0.6) is 0 Å². The van der Waals surface area contributed by atoms with Crippen molar-refractivity contribution in [3.05, 3.63) is 0 Å². The number of nitrogens with two attached hydrogens (primary N) is 1. The Morgan fingerprint density at radius 1 is 0.500 bits per heavy atom. The molecule has 0 unspecified atom stereocenters. The maximum Gasteiger partial charge on any atom is 0.318 e. The van der Waals surface area contributed by atoms with Gasteiger partial charge in [0.15, 0.2) is 0 Å². The average Bonchev–Trinajstić information content (AvgIpc) is 2.91. The predicted molar refractivity (Wildman–Crippen MR) is 172 cm³/mol. The SMILES string of the molecule is CCC(Br)(CC)C(=O)NC(N)=O.CCCCCCCCCCCCCCCCCCCCCCCCCC. The van der Waals surface area contributed by atoms with Crippen molar-refractivity contribution < 1.29 is 9.59 Å². The Balaban J connectivity index is 0. The van der Waals surface area contributed by atoms with Crippen LogP contribution in [0.2, 0.25) is 0 Å². The highest BCUT2D eigenvalue weighted by atomic mass is 79.9. The van der Waals surface area contributed by atoms with Crippen molar-refractivity contribution in [1.82, 2.24) is 5.32 Å². The number of alkyl halides is 1. The van der Waals surface area contributed by atoms with Crippen LogP contribution in [-0.2, 0) is 4.79 Å². The van der Waals surface area contributed by atoms with Crippen molar-refractivity contribution in [2.75, 3.05) is 0 Å². The molecule has 0 spiro atoms. The molecular formula is C33H67BrN2O2. The first-order valence-electron chi connectivity index (χ1n) is 16.7. The lowest BCUT2D eigenvalue weighted by Gasteiger charge is -2.21. The van der Waals surface area contributed by atoms with Gasteiger partial charge in [0, 0.05) is 0 Å². The number of nitrogens with one attached hydrogen (secondary N) is 1. The molecule has 0 aromatic heterocycles. The van der Waals surface area contributed by atoms with Gasteiger partial charge in [-0.05, 0) is 12.8 Å². The molecule has 3 amide bonds. The number of carbonyl (C=O) groups is 2. The number of halogens is 1. The van der Waals surface area contributed by atoms with Gasteiger partial charge in [-0.25, -0.2) is 4.79 Å². The van der Waals surface area contributed by atoms with E-state index in [4.69, 9.17) is 5.73 Å². The van der Waals surface area contributed by atoms with Gasteiger partial charge in [-0.2, -0.15) is 0 Å². The highest BCUT2D eigenvalue weighted by Crippen LogP contribution is 2.26. The van der Waals surface area contributed by atoms with Gasteiger partial charge in [0.1, 0.15) is 4.32 Å². The summed E-state index contributed by atoms with van der Waals surface area (Å²) in [5.74, 6) is -0.375. The Morgan fingerprint density at radius 3 is 0.868 bits per heavy atom. The molecule has 0 aliphatic heterocycles.